The third kappa shape index (κ3) is 6.00. The van der Waals surface area contributed by atoms with Gasteiger partial charge >= 0.3 is 0 Å². The van der Waals surface area contributed by atoms with Crippen molar-refractivity contribution in [1.82, 2.24) is 15.6 Å². The summed E-state index contributed by atoms with van der Waals surface area (Å²) in [5.74, 6) is 1.67. The average molecular weight is 409 g/mol. The van der Waals surface area contributed by atoms with Crippen molar-refractivity contribution in [3.8, 4) is 5.75 Å². The van der Waals surface area contributed by atoms with Gasteiger partial charge in [0, 0.05) is 49.9 Å². The van der Waals surface area contributed by atoms with E-state index in [1.807, 2.05) is 0 Å². The normalized spacial score (nSPS) is 11.6. The van der Waals surface area contributed by atoms with Crippen molar-refractivity contribution >= 4 is 16.9 Å². The summed E-state index contributed by atoms with van der Waals surface area (Å²) in [7, 11) is 3.47. The van der Waals surface area contributed by atoms with Crippen LogP contribution >= 0.6 is 0 Å². The number of nitrogens with zero attached hydrogens (tertiary/aromatic N) is 1. The van der Waals surface area contributed by atoms with E-state index >= 15 is 0 Å². The molecule has 30 heavy (non-hydrogen) atoms. The minimum Gasteiger partial charge on any atom is -0.491 e. The Morgan fingerprint density at radius 3 is 2.77 bits per heavy atom. The number of para-hydroxylation sites is 1. The molecule has 0 fully saturated rings. The Kier molecular flexibility index (Phi) is 8.15. The van der Waals surface area contributed by atoms with Gasteiger partial charge in [0.25, 0.3) is 0 Å². The second kappa shape index (κ2) is 11.3. The van der Waals surface area contributed by atoms with Crippen LogP contribution in [0.1, 0.15) is 23.1 Å². The van der Waals surface area contributed by atoms with Gasteiger partial charge < -0.3 is 25.1 Å². The van der Waals surface area contributed by atoms with E-state index < -0.39 is 0 Å². The van der Waals surface area contributed by atoms with Crippen molar-refractivity contribution in [3.05, 3.63) is 65.4 Å². The van der Waals surface area contributed by atoms with Crippen molar-refractivity contribution < 1.29 is 9.47 Å². The van der Waals surface area contributed by atoms with Crippen LogP contribution < -0.4 is 15.4 Å². The summed E-state index contributed by atoms with van der Waals surface area (Å²) in [6, 6.07) is 14.7. The van der Waals surface area contributed by atoms with E-state index in [2.05, 4.69) is 76.2 Å². The molecule has 3 N–H and O–H groups in total. The number of benzene rings is 2. The van der Waals surface area contributed by atoms with E-state index in [9.17, 15) is 0 Å². The Morgan fingerprint density at radius 2 is 1.93 bits per heavy atom. The molecular formula is C24H32N4O2. The Hall–Kier alpha value is -2.99. The van der Waals surface area contributed by atoms with E-state index in [4.69, 9.17) is 9.47 Å². The highest BCUT2D eigenvalue weighted by molar-refractivity contribution is 5.83. The predicted octanol–water partition coefficient (Wildman–Crippen LogP) is 3.80. The van der Waals surface area contributed by atoms with Gasteiger partial charge in [-0.15, -0.1) is 0 Å². The number of methoxy groups -OCH3 is 1. The zero-order valence-corrected chi connectivity index (χ0v) is 18.1. The molecule has 0 atom stereocenters. The van der Waals surface area contributed by atoms with E-state index in [0.29, 0.717) is 19.8 Å². The molecule has 0 saturated heterocycles. The second-order valence-electron chi connectivity index (χ2n) is 7.27. The van der Waals surface area contributed by atoms with Crippen LogP contribution in [0.15, 0.2) is 53.7 Å². The largest absolute Gasteiger partial charge is 0.491 e. The second-order valence-corrected chi connectivity index (χ2v) is 7.27. The van der Waals surface area contributed by atoms with Gasteiger partial charge in [-0.2, -0.15) is 0 Å². The molecule has 1 heterocycles. The van der Waals surface area contributed by atoms with Crippen LogP contribution in [-0.2, 0) is 17.7 Å². The first kappa shape index (κ1) is 21.7. The number of hydrogen-bond acceptors (Lipinski definition) is 3. The van der Waals surface area contributed by atoms with E-state index in [0.717, 1.165) is 36.7 Å². The lowest BCUT2D eigenvalue weighted by Gasteiger charge is -2.15. The van der Waals surface area contributed by atoms with Crippen LogP contribution in [0.25, 0.3) is 10.9 Å². The Bertz CT molecular complexity index is 965. The van der Waals surface area contributed by atoms with Crippen LogP contribution in [0, 0.1) is 6.92 Å². The smallest absolute Gasteiger partial charge is 0.191 e. The molecule has 160 valence electrons. The molecule has 6 nitrogen and oxygen atoms in total. The fourth-order valence-electron chi connectivity index (χ4n) is 3.40. The number of hydrogen-bond donors (Lipinski definition) is 3. The molecule has 6 heteroatoms. The van der Waals surface area contributed by atoms with Crippen LogP contribution in [0.5, 0.6) is 5.75 Å². The monoisotopic (exact) mass is 408 g/mol. The third-order valence-corrected chi connectivity index (χ3v) is 5.03. The standard InChI is InChI=1S/C24H32N4O2/c1-18-10-11-20(23(15-18)30-14-13-29-3)17-28-24(25-2)26-12-6-7-19-16-27-22-9-5-4-8-21(19)22/h4-5,8-11,15-16,27H,6-7,12-14,17H2,1-3H3,(H2,25,26,28). The number of ether oxygens (including phenoxy) is 2. The zero-order chi connectivity index (χ0) is 21.2. The molecule has 1 aromatic heterocycles. The highest BCUT2D eigenvalue weighted by atomic mass is 16.5. The first-order valence-electron chi connectivity index (χ1n) is 10.4. The molecule has 0 aliphatic rings. The molecular weight excluding hydrogens is 376 g/mol. The molecule has 0 aliphatic carbocycles. The molecule has 0 spiro atoms. The summed E-state index contributed by atoms with van der Waals surface area (Å²) in [6.45, 7) is 4.66. The predicted molar refractivity (Wildman–Crippen MR) is 123 cm³/mol. The Morgan fingerprint density at radius 1 is 1.07 bits per heavy atom. The number of aliphatic imine (C=N–C) groups is 1. The molecule has 2 aromatic carbocycles. The van der Waals surface area contributed by atoms with Crippen molar-refractivity contribution in [2.45, 2.75) is 26.3 Å². The minimum atomic E-state index is 0.535. The highest BCUT2D eigenvalue weighted by Crippen LogP contribution is 2.20. The maximum Gasteiger partial charge on any atom is 0.191 e. The van der Waals surface area contributed by atoms with E-state index in [1.54, 1.807) is 14.2 Å². The number of aromatic amines is 1. The van der Waals surface area contributed by atoms with Crippen molar-refractivity contribution in [1.29, 1.82) is 0 Å². The number of nitrogens with one attached hydrogen (secondary N) is 3. The maximum atomic E-state index is 5.87. The fourth-order valence-corrected chi connectivity index (χ4v) is 3.40. The van der Waals surface area contributed by atoms with Gasteiger partial charge in [0.2, 0.25) is 0 Å². The fraction of sp³-hybridized carbons (Fsp3) is 0.375. The summed E-state index contributed by atoms with van der Waals surface area (Å²) < 4.78 is 11.0. The molecule has 0 radical (unpaired) electrons. The number of guanidine groups is 1. The van der Waals surface area contributed by atoms with Crippen LogP contribution in [0.2, 0.25) is 0 Å². The summed E-state index contributed by atoms with van der Waals surface area (Å²) in [6.07, 6.45) is 4.15. The number of H-pyrrole nitrogens is 1. The van der Waals surface area contributed by atoms with Gasteiger partial charge in [0.05, 0.1) is 6.61 Å². The van der Waals surface area contributed by atoms with Crippen LogP contribution in [0.4, 0.5) is 0 Å². The lowest BCUT2D eigenvalue weighted by molar-refractivity contribution is 0.145. The number of fused-ring (bicyclic) bond motifs is 1. The number of rotatable bonds is 10. The van der Waals surface area contributed by atoms with Gasteiger partial charge in [0.1, 0.15) is 12.4 Å². The van der Waals surface area contributed by atoms with Crippen LogP contribution in [-0.4, -0.2) is 44.9 Å². The summed E-state index contributed by atoms with van der Waals surface area (Å²) in [4.78, 5) is 7.68. The highest BCUT2D eigenvalue weighted by Gasteiger charge is 2.07. The first-order valence-corrected chi connectivity index (χ1v) is 10.4. The third-order valence-electron chi connectivity index (χ3n) is 5.03. The maximum absolute atomic E-state index is 5.87. The lowest BCUT2D eigenvalue weighted by Crippen LogP contribution is -2.37. The van der Waals surface area contributed by atoms with Gasteiger partial charge in [0.15, 0.2) is 5.96 Å². The summed E-state index contributed by atoms with van der Waals surface area (Å²) >= 11 is 0. The number of aromatic nitrogens is 1. The average Bonchev–Trinajstić information content (AvgIpc) is 3.17. The van der Waals surface area contributed by atoms with E-state index in [1.165, 1.54) is 22.0 Å². The van der Waals surface area contributed by atoms with Crippen molar-refractivity contribution in [3.63, 3.8) is 0 Å². The molecule has 3 aromatic rings. The Balaban J connectivity index is 1.47. The summed E-state index contributed by atoms with van der Waals surface area (Å²) in [5.41, 5.74) is 4.82. The number of aryl methyl sites for hydroxylation is 2. The molecule has 0 aliphatic heterocycles. The summed E-state index contributed by atoms with van der Waals surface area (Å²) in [5, 5.41) is 8.09. The van der Waals surface area contributed by atoms with Gasteiger partial charge in [-0.05, 0) is 43.0 Å². The zero-order valence-electron chi connectivity index (χ0n) is 18.1. The van der Waals surface area contributed by atoms with E-state index in [-0.39, 0.29) is 0 Å². The minimum absolute atomic E-state index is 0.535. The molecule has 0 bridgehead atoms. The lowest BCUT2D eigenvalue weighted by atomic mass is 10.1. The molecule has 0 saturated carbocycles. The van der Waals surface area contributed by atoms with Crippen LogP contribution in [0.3, 0.4) is 0 Å². The van der Waals surface area contributed by atoms with Gasteiger partial charge in [-0.1, -0.05) is 30.3 Å². The van der Waals surface area contributed by atoms with Crippen molar-refractivity contribution in [2.24, 2.45) is 4.99 Å². The molecule has 0 unspecified atom stereocenters. The van der Waals surface area contributed by atoms with Gasteiger partial charge in [-0.3, -0.25) is 4.99 Å². The molecule has 3 rings (SSSR count). The molecule has 0 amide bonds. The quantitative estimate of drug-likeness (QED) is 0.271. The van der Waals surface area contributed by atoms with Crippen molar-refractivity contribution in [2.75, 3.05) is 33.9 Å². The topological polar surface area (TPSA) is 70.7 Å². The SMILES string of the molecule is CN=C(NCCCc1c[nH]c2ccccc12)NCc1ccc(C)cc1OCCOC. The van der Waals surface area contributed by atoms with Gasteiger partial charge in [-0.25, -0.2) is 0 Å². The Labute approximate surface area is 178 Å². The first-order chi connectivity index (χ1) is 14.7.